The molecule has 2 aromatic heterocycles. The van der Waals surface area contributed by atoms with Gasteiger partial charge in [-0.2, -0.15) is 4.98 Å². The van der Waals surface area contributed by atoms with Crippen molar-refractivity contribution in [2.75, 3.05) is 12.5 Å². The van der Waals surface area contributed by atoms with E-state index in [0.29, 0.717) is 16.7 Å². The summed E-state index contributed by atoms with van der Waals surface area (Å²) in [5, 5.41) is 7.91. The molecule has 3 heterocycles. The quantitative estimate of drug-likeness (QED) is 0.675. The molecule has 1 unspecified atom stereocenters. The van der Waals surface area contributed by atoms with Gasteiger partial charge in [-0.15, -0.1) is 5.10 Å². The van der Waals surface area contributed by atoms with E-state index < -0.39 is 0 Å². The SMILES string of the molecule is Cc1cc(C)n2nc(SCC(=O)NC(C)c3ccc4c(c3)OCO4)nc2n1. The fraction of sp³-hybridized carbons (Fsp3) is 0.333. The number of fused-ring (bicyclic) bond motifs is 2. The topological polar surface area (TPSA) is 90.6 Å². The first-order valence-corrected chi connectivity index (χ1v) is 9.51. The number of hydrogen-bond donors (Lipinski definition) is 1. The van der Waals surface area contributed by atoms with Gasteiger partial charge in [-0.05, 0) is 44.5 Å². The van der Waals surface area contributed by atoms with E-state index in [4.69, 9.17) is 9.47 Å². The van der Waals surface area contributed by atoms with Crippen LogP contribution in [0.4, 0.5) is 0 Å². The Hall–Kier alpha value is -2.81. The van der Waals surface area contributed by atoms with Crippen molar-refractivity contribution in [2.24, 2.45) is 0 Å². The van der Waals surface area contributed by atoms with Crippen LogP contribution >= 0.6 is 11.8 Å². The van der Waals surface area contributed by atoms with Crippen LogP contribution in [0.2, 0.25) is 0 Å². The highest BCUT2D eigenvalue weighted by Crippen LogP contribution is 2.34. The molecular weight excluding hydrogens is 366 g/mol. The van der Waals surface area contributed by atoms with Gasteiger partial charge in [0, 0.05) is 11.4 Å². The van der Waals surface area contributed by atoms with Crippen molar-refractivity contribution >= 4 is 23.4 Å². The molecule has 27 heavy (non-hydrogen) atoms. The van der Waals surface area contributed by atoms with E-state index in [0.717, 1.165) is 22.7 Å². The van der Waals surface area contributed by atoms with Crippen molar-refractivity contribution in [3.8, 4) is 11.5 Å². The van der Waals surface area contributed by atoms with Crippen molar-refractivity contribution in [1.82, 2.24) is 24.9 Å². The van der Waals surface area contributed by atoms with Crippen LogP contribution in [0.1, 0.15) is 29.9 Å². The Balaban J connectivity index is 1.37. The predicted molar refractivity (Wildman–Crippen MR) is 100 cm³/mol. The Labute approximate surface area is 160 Å². The Morgan fingerprint density at radius 1 is 1.26 bits per heavy atom. The van der Waals surface area contributed by atoms with Gasteiger partial charge in [-0.3, -0.25) is 4.79 Å². The molecule has 1 atom stereocenters. The van der Waals surface area contributed by atoms with Gasteiger partial charge < -0.3 is 14.8 Å². The molecule has 0 saturated carbocycles. The van der Waals surface area contributed by atoms with Crippen LogP contribution in [0.3, 0.4) is 0 Å². The highest BCUT2D eigenvalue weighted by atomic mass is 32.2. The summed E-state index contributed by atoms with van der Waals surface area (Å²) in [4.78, 5) is 21.0. The maximum atomic E-state index is 12.3. The number of aryl methyl sites for hydroxylation is 2. The average Bonchev–Trinajstić information content (AvgIpc) is 3.25. The van der Waals surface area contributed by atoms with Crippen molar-refractivity contribution in [3.05, 3.63) is 41.2 Å². The molecule has 9 heteroatoms. The van der Waals surface area contributed by atoms with Crippen LogP contribution in [0.25, 0.3) is 5.78 Å². The number of hydrogen-bond acceptors (Lipinski definition) is 7. The van der Waals surface area contributed by atoms with Crippen LogP contribution in [0, 0.1) is 13.8 Å². The van der Waals surface area contributed by atoms with Crippen LogP contribution in [-0.2, 0) is 4.79 Å². The smallest absolute Gasteiger partial charge is 0.253 e. The molecule has 0 fully saturated rings. The minimum atomic E-state index is -0.145. The van der Waals surface area contributed by atoms with E-state index in [2.05, 4.69) is 20.4 Å². The van der Waals surface area contributed by atoms with E-state index in [1.807, 2.05) is 45.0 Å². The van der Waals surface area contributed by atoms with Crippen molar-refractivity contribution < 1.29 is 14.3 Å². The largest absolute Gasteiger partial charge is 0.454 e. The van der Waals surface area contributed by atoms with Crippen LogP contribution in [0.5, 0.6) is 11.5 Å². The third-order valence-electron chi connectivity index (χ3n) is 4.21. The van der Waals surface area contributed by atoms with Crippen LogP contribution in [-0.4, -0.2) is 38.0 Å². The summed E-state index contributed by atoms with van der Waals surface area (Å²) < 4.78 is 12.4. The van der Waals surface area contributed by atoms with Gasteiger partial charge in [-0.25, -0.2) is 9.50 Å². The van der Waals surface area contributed by atoms with Gasteiger partial charge in [-0.1, -0.05) is 17.8 Å². The Kier molecular flexibility index (Phi) is 4.61. The number of thioether (sulfide) groups is 1. The summed E-state index contributed by atoms with van der Waals surface area (Å²) in [6.45, 7) is 6.03. The number of rotatable bonds is 5. The Bertz CT molecular complexity index is 1020. The van der Waals surface area contributed by atoms with Crippen molar-refractivity contribution in [3.63, 3.8) is 0 Å². The zero-order valence-corrected chi connectivity index (χ0v) is 16.0. The zero-order valence-electron chi connectivity index (χ0n) is 15.2. The molecule has 1 N–H and O–H groups in total. The minimum Gasteiger partial charge on any atom is -0.454 e. The molecular formula is C18H19N5O3S. The molecule has 1 amide bonds. The number of carbonyl (C=O) groups is 1. The molecule has 4 rings (SSSR count). The van der Waals surface area contributed by atoms with Crippen LogP contribution in [0.15, 0.2) is 29.4 Å². The number of amides is 1. The molecule has 8 nitrogen and oxygen atoms in total. The molecule has 0 bridgehead atoms. The Morgan fingerprint density at radius 3 is 2.93 bits per heavy atom. The van der Waals surface area contributed by atoms with Gasteiger partial charge in [0.15, 0.2) is 11.5 Å². The first-order chi connectivity index (χ1) is 13.0. The predicted octanol–water partition coefficient (Wildman–Crippen LogP) is 2.44. The van der Waals surface area contributed by atoms with E-state index in [9.17, 15) is 4.79 Å². The lowest BCUT2D eigenvalue weighted by atomic mass is 10.1. The molecule has 1 aromatic carbocycles. The number of ether oxygens (including phenoxy) is 2. The van der Waals surface area contributed by atoms with Gasteiger partial charge in [0.25, 0.3) is 5.78 Å². The number of benzene rings is 1. The van der Waals surface area contributed by atoms with E-state index in [1.165, 1.54) is 11.8 Å². The molecule has 0 radical (unpaired) electrons. The second-order valence-corrected chi connectivity index (χ2v) is 7.28. The molecule has 1 aliphatic heterocycles. The van der Waals surface area contributed by atoms with Gasteiger partial charge in [0.05, 0.1) is 11.8 Å². The lowest BCUT2D eigenvalue weighted by molar-refractivity contribution is -0.119. The molecule has 3 aromatic rings. The maximum absolute atomic E-state index is 12.3. The molecule has 140 valence electrons. The number of nitrogens with zero attached hydrogens (tertiary/aromatic N) is 4. The van der Waals surface area contributed by atoms with Gasteiger partial charge in [0.2, 0.25) is 17.9 Å². The lowest BCUT2D eigenvalue weighted by Crippen LogP contribution is -2.28. The van der Waals surface area contributed by atoms with Gasteiger partial charge in [0.1, 0.15) is 0 Å². The standard InChI is InChI=1S/C18H19N5O3S/c1-10-6-11(2)23-17(19-10)21-18(22-23)27-8-16(24)20-12(3)13-4-5-14-15(7-13)26-9-25-14/h4-7,12H,8-9H2,1-3H3,(H,20,24). The van der Waals surface area contributed by atoms with Crippen molar-refractivity contribution in [2.45, 2.75) is 32.0 Å². The minimum absolute atomic E-state index is 0.0927. The molecule has 0 aliphatic carbocycles. The Morgan fingerprint density at radius 2 is 2.07 bits per heavy atom. The van der Waals surface area contributed by atoms with Crippen LogP contribution < -0.4 is 14.8 Å². The number of aromatic nitrogens is 4. The number of carbonyl (C=O) groups excluding carboxylic acids is 1. The average molecular weight is 385 g/mol. The summed E-state index contributed by atoms with van der Waals surface area (Å²) in [6, 6.07) is 7.46. The molecule has 0 saturated heterocycles. The summed E-state index contributed by atoms with van der Waals surface area (Å²) in [5.41, 5.74) is 2.80. The third kappa shape index (κ3) is 3.68. The lowest BCUT2D eigenvalue weighted by Gasteiger charge is -2.14. The van der Waals surface area contributed by atoms with Gasteiger partial charge >= 0.3 is 0 Å². The monoisotopic (exact) mass is 385 g/mol. The van der Waals surface area contributed by atoms with Crippen molar-refractivity contribution in [1.29, 1.82) is 0 Å². The van der Waals surface area contributed by atoms with E-state index in [1.54, 1.807) is 4.52 Å². The normalized spacial score (nSPS) is 13.7. The fourth-order valence-corrected chi connectivity index (χ4v) is 3.52. The first kappa shape index (κ1) is 17.6. The highest BCUT2D eigenvalue weighted by Gasteiger charge is 2.17. The highest BCUT2D eigenvalue weighted by molar-refractivity contribution is 7.99. The third-order valence-corrected chi connectivity index (χ3v) is 5.04. The first-order valence-electron chi connectivity index (χ1n) is 8.52. The summed E-state index contributed by atoms with van der Waals surface area (Å²) in [5.74, 6) is 2.11. The fourth-order valence-electron chi connectivity index (χ4n) is 2.89. The second-order valence-electron chi connectivity index (χ2n) is 6.34. The molecule has 1 aliphatic rings. The van der Waals surface area contributed by atoms with E-state index >= 15 is 0 Å². The summed E-state index contributed by atoms with van der Waals surface area (Å²) in [7, 11) is 0. The second kappa shape index (κ2) is 7.07. The zero-order chi connectivity index (χ0) is 19.0. The maximum Gasteiger partial charge on any atom is 0.253 e. The summed E-state index contributed by atoms with van der Waals surface area (Å²) in [6.07, 6.45) is 0. The number of nitrogens with one attached hydrogen (secondary N) is 1. The van der Waals surface area contributed by atoms with E-state index in [-0.39, 0.29) is 24.5 Å². The molecule has 0 spiro atoms. The summed E-state index contributed by atoms with van der Waals surface area (Å²) >= 11 is 1.29.